The minimum atomic E-state index is -0.552. The van der Waals surface area contributed by atoms with E-state index in [2.05, 4.69) is 5.32 Å². The third kappa shape index (κ3) is 3.71. The maximum atomic E-state index is 11.8. The predicted molar refractivity (Wildman–Crippen MR) is 87.2 cm³/mol. The van der Waals surface area contributed by atoms with Crippen LogP contribution in [-0.4, -0.2) is 23.3 Å². The van der Waals surface area contributed by atoms with Crippen LogP contribution in [0, 0.1) is 0 Å². The van der Waals surface area contributed by atoms with Crippen molar-refractivity contribution in [2.45, 2.75) is 57.5 Å². The molecule has 1 amide bonds. The number of aromatic hydroxyl groups is 1. The fraction of sp³-hybridized carbons (Fsp3) is 0.588. The average molecular weight is 306 g/mol. The zero-order valence-electron chi connectivity index (χ0n) is 13.6. The monoisotopic (exact) mass is 306 g/mol. The number of phenolic OH excluding ortho intramolecular Hbond substituents is 1. The zero-order valence-corrected chi connectivity index (χ0v) is 13.6. The molecule has 1 saturated carbocycles. The first-order valence-electron chi connectivity index (χ1n) is 7.79. The molecular formula is C17H26N2O3. The summed E-state index contributed by atoms with van der Waals surface area (Å²) < 4.78 is 5.20. The molecule has 122 valence electrons. The van der Waals surface area contributed by atoms with Crippen molar-refractivity contribution in [3.05, 3.63) is 23.8 Å². The molecule has 1 aromatic carbocycles. The molecule has 1 aliphatic carbocycles. The molecule has 0 spiro atoms. The summed E-state index contributed by atoms with van der Waals surface area (Å²) in [6, 6.07) is 5.27. The average Bonchev–Trinajstić information content (AvgIpc) is 2.32. The molecule has 5 nitrogen and oxygen atoms in total. The van der Waals surface area contributed by atoms with Gasteiger partial charge >= 0.3 is 6.09 Å². The van der Waals surface area contributed by atoms with Crippen molar-refractivity contribution >= 4 is 11.8 Å². The highest BCUT2D eigenvalue weighted by Gasteiger charge is 2.39. The Labute approximate surface area is 131 Å². The van der Waals surface area contributed by atoms with Crippen LogP contribution in [0.1, 0.15) is 52.0 Å². The molecule has 1 aromatic rings. The quantitative estimate of drug-likeness (QED) is 0.794. The van der Waals surface area contributed by atoms with Crippen molar-refractivity contribution in [1.82, 2.24) is 0 Å². The Morgan fingerprint density at radius 1 is 1.41 bits per heavy atom. The van der Waals surface area contributed by atoms with Gasteiger partial charge in [-0.05, 0) is 52.6 Å². The lowest BCUT2D eigenvalue weighted by atomic mass is 9.62. The van der Waals surface area contributed by atoms with Crippen LogP contribution in [0.4, 0.5) is 10.5 Å². The highest BCUT2D eigenvalue weighted by Crippen LogP contribution is 2.49. The van der Waals surface area contributed by atoms with Crippen molar-refractivity contribution in [2.24, 2.45) is 5.73 Å². The summed E-state index contributed by atoms with van der Waals surface area (Å²) in [7, 11) is 0. The minimum absolute atomic E-state index is 0.00326. The molecule has 4 N–H and O–H groups in total. The van der Waals surface area contributed by atoms with Crippen molar-refractivity contribution in [3.8, 4) is 5.75 Å². The molecule has 5 heteroatoms. The summed E-state index contributed by atoms with van der Waals surface area (Å²) in [4.78, 5) is 11.8. The number of benzene rings is 1. The Hall–Kier alpha value is -1.75. The number of ether oxygens (including phenoxy) is 1. The van der Waals surface area contributed by atoms with Gasteiger partial charge in [0.2, 0.25) is 0 Å². The number of carbonyl (C=O) groups is 1. The van der Waals surface area contributed by atoms with Crippen molar-refractivity contribution in [1.29, 1.82) is 0 Å². The van der Waals surface area contributed by atoms with Crippen LogP contribution in [0.2, 0.25) is 0 Å². The van der Waals surface area contributed by atoms with Crippen LogP contribution in [0.15, 0.2) is 18.2 Å². The van der Waals surface area contributed by atoms with E-state index in [0.29, 0.717) is 12.2 Å². The van der Waals surface area contributed by atoms with Gasteiger partial charge < -0.3 is 15.6 Å². The van der Waals surface area contributed by atoms with Crippen LogP contribution in [0.5, 0.6) is 5.75 Å². The molecule has 0 bridgehead atoms. The largest absolute Gasteiger partial charge is 0.508 e. The van der Waals surface area contributed by atoms with Gasteiger partial charge in [0, 0.05) is 22.7 Å². The minimum Gasteiger partial charge on any atom is -0.508 e. The Kier molecular flexibility index (Phi) is 4.66. The second kappa shape index (κ2) is 6.16. The van der Waals surface area contributed by atoms with Gasteiger partial charge in [0.1, 0.15) is 11.4 Å². The van der Waals surface area contributed by atoms with Crippen molar-refractivity contribution in [2.75, 3.05) is 11.9 Å². The standard InChI is InChI=1S/C17H26N2O3/c1-16(2,3)22-15(21)19-12-5-6-13(14(20)11-12)17(9-10-18)7-4-8-17/h5-6,11,20H,4,7-10,18H2,1-3H3,(H,19,21). The van der Waals surface area contributed by atoms with Crippen LogP contribution >= 0.6 is 0 Å². The van der Waals surface area contributed by atoms with E-state index >= 15 is 0 Å². The fourth-order valence-electron chi connectivity index (χ4n) is 3.01. The highest BCUT2D eigenvalue weighted by atomic mass is 16.6. The lowest BCUT2D eigenvalue weighted by molar-refractivity contribution is 0.0636. The number of rotatable bonds is 4. The van der Waals surface area contributed by atoms with Gasteiger partial charge in [-0.2, -0.15) is 0 Å². The molecule has 1 aliphatic rings. The van der Waals surface area contributed by atoms with Gasteiger partial charge in [-0.3, -0.25) is 5.32 Å². The van der Waals surface area contributed by atoms with E-state index in [4.69, 9.17) is 10.5 Å². The molecule has 0 heterocycles. The normalized spacial score (nSPS) is 16.7. The fourth-order valence-corrected chi connectivity index (χ4v) is 3.01. The summed E-state index contributed by atoms with van der Waals surface area (Å²) >= 11 is 0. The van der Waals surface area contributed by atoms with Crippen molar-refractivity contribution < 1.29 is 14.6 Å². The van der Waals surface area contributed by atoms with E-state index in [9.17, 15) is 9.90 Å². The third-order valence-corrected chi connectivity index (χ3v) is 4.15. The number of hydrogen-bond acceptors (Lipinski definition) is 4. The lowest BCUT2D eigenvalue weighted by Gasteiger charge is -2.42. The maximum absolute atomic E-state index is 11.8. The number of anilines is 1. The molecule has 2 rings (SSSR count). The number of carbonyl (C=O) groups excluding carboxylic acids is 1. The summed E-state index contributed by atoms with van der Waals surface area (Å²) in [6.45, 7) is 6.03. The van der Waals surface area contributed by atoms with E-state index in [1.807, 2.05) is 6.07 Å². The lowest BCUT2D eigenvalue weighted by Crippen LogP contribution is -2.36. The zero-order chi connectivity index (χ0) is 16.4. The smallest absolute Gasteiger partial charge is 0.412 e. The molecule has 0 unspecified atom stereocenters. The molecule has 1 fully saturated rings. The Bertz CT molecular complexity index is 545. The molecular weight excluding hydrogens is 280 g/mol. The number of hydrogen-bond donors (Lipinski definition) is 3. The van der Waals surface area contributed by atoms with Gasteiger partial charge in [0.05, 0.1) is 0 Å². The Balaban J connectivity index is 2.11. The van der Waals surface area contributed by atoms with E-state index in [1.165, 1.54) is 0 Å². The number of amides is 1. The SMILES string of the molecule is CC(C)(C)OC(=O)Nc1ccc(C2(CCN)CCC2)c(O)c1. The summed E-state index contributed by atoms with van der Waals surface area (Å²) in [6.07, 6.45) is 3.62. The number of phenols is 1. The highest BCUT2D eigenvalue weighted by molar-refractivity contribution is 5.85. The molecule has 0 aromatic heterocycles. The van der Waals surface area contributed by atoms with Crippen LogP contribution in [-0.2, 0) is 10.2 Å². The van der Waals surface area contributed by atoms with Crippen LogP contribution in [0.3, 0.4) is 0 Å². The van der Waals surface area contributed by atoms with Gasteiger partial charge in [-0.1, -0.05) is 12.5 Å². The summed E-state index contributed by atoms with van der Waals surface area (Å²) in [5.74, 6) is 0.210. The Morgan fingerprint density at radius 3 is 2.55 bits per heavy atom. The van der Waals surface area contributed by atoms with E-state index in [0.717, 1.165) is 31.2 Å². The molecule has 0 saturated heterocycles. The van der Waals surface area contributed by atoms with Crippen LogP contribution < -0.4 is 11.1 Å². The maximum Gasteiger partial charge on any atom is 0.412 e. The number of nitrogens with two attached hydrogens (primary N) is 1. The molecule has 0 radical (unpaired) electrons. The van der Waals surface area contributed by atoms with E-state index < -0.39 is 11.7 Å². The van der Waals surface area contributed by atoms with E-state index in [1.54, 1.807) is 32.9 Å². The van der Waals surface area contributed by atoms with Gasteiger partial charge in [0.25, 0.3) is 0 Å². The first-order valence-corrected chi connectivity index (χ1v) is 7.79. The second-order valence-corrected chi connectivity index (χ2v) is 7.03. The summed E-state index contributed by atoms with van der Waals surface area (Å²) in [5, 5.41) is 13.0. The van der Waals surface area contributed by atoms with Gasteiger partial charge in [0.15, 0.2) is 0 Å². The molecule has 0 aliphatic heterocycles. The van der Waals surface area contributed by atoms with Gasteiger partial charge in [-0.25, -0.2) is 4.79 Å². The molecule has 0 atom stereocenters. The Morgan fingerprint density at radius 2 is 2.09 bits per heavy atom. The van der Waals surface area contributed by atoms with E-state index in [-0.39, 0.29) is 11.2 Å². The summed E-state index contributed by atoms with van der Waals surface area (Å²) in [5.41, 5.74) is 6.62. The second-order valence-electron chi connectivity index (χ2n) is 7.03. The molecule has 22 heavy (non-hydrogen) atoms. The topological polar surface area (TPSA) is 84.6 Å². The first kappa shape index (κ1) is 16.6. The number of nitrogens with one attached hydrogen (secondary N) is 1. The van der Waals surface area contributed by atoms with Crippen molar-refractivity contribution in [3.63, 3.8) is 0 Å². The third-order valence-electron chi connectivity index (χ3n) is 4.15. The van der Waals surface area contributed by atoms with Gasteiger partial charge in [-0.15, -0.1) is 0 Å². The predicted octanol–water partition coefficient (Wildman–Crippen LogP) is 3.51. The van der Waals surface area contributed by atoms with Crippen LogP contribution in [0.25, 0.3) is 0 Å². The first-order chi connectivity index (χ1) is 10.3.